The highest BCUT2D eigenvalue weighted by Gasteiger charge is 2.36. The van der Waals surface area contributed by atoms with Crippen LogP contribution >= 0.6 is 11.6 Å². The van der Waals surface area contributed by atoms with E-state index in [2.05, 4.69) is 61.3 Å². The molecule has 1 heterocycles. The number of hydrogen-bond donors (Lipinski definition) is 0. The smallest absolute Gasteiger partial charge is 0.0444 e. The topological polar surface area (TPSA) is 25.2 Å². The van der Waals surface area contributed by atoms with Crippen LogP contribution in [0, 0.1) is 5.92 Å². The second-order valence-electron chi connectivity index (χ2n) is 8.95. The van der Waals surface area contributed by atoms with Crippen LogP contribution < -0.4 is 0 Å². The van der Waals surface area contributed by atoms with Gasteiger partial charge >= 0.3 is 0 Å². The van der Waals surface area contributed by atoms with E-state index < -0.39 is 0 Å². The molecule has 0 bridgehead atoms. The quantitative estimate of drug-likeness (QED) is 0.359. The molecule has 0 spiro atoms. The third kappa shape index (κ3) is 4.04. The Bertz CT molecular complexity index is 1180. The van der Waals surface area contributed by atoms with Crippen LogP contribution in [0.3, 0.4) is 0 Å². The Labute approximate surface area is 196 Å². The molecule has 2 aliphatic carbocycles. The van der Waals surface area contributed by atoms with Gasteiger partial charge in [-0.1, -0.05) is 54.9 Å². The minimum atomic E-state index is 0.695. The van der Waals surface area contributed by atoms with E-state index in [1.165, 1.54) is 51.8 Å². The molecule has 1 fully saturated rings. The lowest BCUT2D eigenvalue weighted by Crippen LogP contribution is -2.26. The summed E-state index contributed by atoms with van der Waals surface area (Å²) < 4.78 is 0. The number of allylic oxidation sites excluding steroid dienone is 1. The number of nitrogens with zero attached hydrogens (tertiary/aromatic N) is 2. The molecule has 3 heteroatoms. The second kappa shape index (κ2) is 9.03. The second-order valence-corrected chi connectivity index (χ2v) is 9.36. The van der Waals surface area contributed by atoms with Gasteiger partial charge in [0, 0.05) is 29.7 Å². The molecule has 3 aromatic rings. The number of pyridine rings is 1. The predicted octanol–water partition coefficient (Wildman–Crippen LogP) is 7.75. The van der Waals surface area contributed by atoms with Crippen LogP contribution in [0.25, 0.3) is 16.7 Å². The molecule has 1 aromatic heterocycles. The highest BCUT2D eigenvalue weighted by atomic mass is 35.5. The Morgan fingerprint density at radius 2 is 1.78 bits per heavy atom. The van der Waals surface area contributed by atoms with Gasteiger partial charge in [0.15, 0.2) is 0 Å². The molecule has 0 radical (unpaired) electrons. The van der Waals surface area contributed by atoms with E-state index in [-0.39, 0.29) is 0 Å². The average Bonchev–Trinajstić information content (AvgIpc) is 2.81. The maximum absolute atomic E-state index is 6.59. The lowest BCUT2D eigenvalue weighted by molar-refractivity contribution is 0.312. The summed E-state index contributed by atoms with van der Waals surface area (Å²) in [7, 11) is 0. The Balaban J connectivity index is 1.31. The first-order valence-electron chi connectivity index (χ1n) is 11.7. The summed E-state index contributed by atoms with van der Waals surface area (Å²) in [6, 6.07) is 17.3. The normalized spacial score (nSPS) is 19.6. The van der Waals surface area contributed by atoms with Crippen molar-refractivity contribution in [3.05, 3.63) is 94.3 Å². The molecule has 0 amide bonds. The minimum absolute atomic E-state index is 0.695. The van der Waals surface area contributed by atoms with Crippen LogP contribution in [0.1, 0.15) is 61.3 Å². The Morgan fingerprint density at radius 1 is 1.03 bits per heavy atom. The lowest BCUT2D eigenvalue weighted by Gasteiger charge is -2.41. The van der Waals surface area contributed by atoms with Crippen molar-refractivity contribution >= 4 is 22.9 Å². The fourth-order valence-corrected chi connectivity index (χ4v) is 5.35. The van der Waals surface area contributed by atoms with E-state index in [0.717, 1.165) is 30.1 Å². The lowest BCUT2D eigenvalue weighted by atomic mass is 9.64. The number of aryl methyl sites for hydroxylation is 1. The molecule has 2 nitrogen and oxygen atoms in total. The van der Waals surface area contributed by atoms with Gasteiger partial charge in [0.05, 0.1) is 0 Å². The third-order valence-electron chi connectivity index (χ3n) is 7.13. The van der Waals surface area contributed by atoms with Gasteiger partial charge in [-0.05, 0) is 102 Å². The number of aromatic nitrogens is 1. The van der Waals surface area contributed by atoms with Crippen molar-refractivity contribution in [2.75, 3.05) is 6.54 Å². The van der Waals surface area contributed by atoms with E-state index in [1.54, 1.807) is 0 Å². The molecule has 5 rings (SSSR count). The fraction of sp³-hybridized carbons (Fsp3) is 0.310. The van der Waals surface area contributed by atoms with Crippen molar-refractivity contribution in [3.8, 4) is 11.1 Å². The molecule has 0 N–H and O–H groups in total. The van der Waals surface area contributed by atoms with Crippen molar-refractivity contribution in [1.82, 2.24) is 4.98 Å². The number of halogens is 1. The van der Waals surface area contributed by atoms with Gasteiger partial charge in [-0.15, -0.1) is 0 Å². The monoisotopic (exact) mass is 440 g/mol. The summed E-state index contributed by atoms with van der Waals surface area (Å²) in [5.74, 6) is 1.40. The Kier molecular flexibility index (Phi) is 5.97. The molecule has 0 aliphatic heterocycles. The third-order valence-corrected chi connectivity index (χ3v) is 7.49. The zero-order valence-electron chi connectivity index (χ0n) is 18.8. The molecule has 2 unspecified atom stereocenters. The SMILES string of the molecule is CCc1cc2c(cc1Cl)C(CCN=C(C)c1ccc(-c3ccncc3)cc1)=CC1CCC21. The van der Waals surface area contributed by atoms with Gasteiger partial charge in [-0.2, -0.15) is 0 Å². The van der Waals surface area contributed by atoms with Crippen LogP contribution in [0.15, 0.2) is 72.0 Å². The Morgan fingerprint density at radius 3 is 2.47 bits per heavy atom. The first kappa shape index (κ1) is 21.2. The maximum atomic E-state index is 6.59. The van der Waals surface area contributed by atoms with E-state index in [1.807, 2.05) is 24.5 Å². The predicted molar refractivity (Wildman–Crippen MR) is 136 cm³/mol. The van der Waals surface area contributed by atoms with Crippen LogP contribution in [-0.4, -0.2) is 17.2 Å². The number of benzene rings is 2. The maximum Gasteiger partial charge on any atom is 0.0444 e. The number of aliphatic imine (C=N–C) groups is 1. The first-order valence-corrected chi connectivity index (χ1v) is 12.1. The number of hydrogen-bond acceptors (Lipinski definition) is 2. The standard InChI is InChI=1S/C29H29ClN2/c1-3-20-17-28-26-9-8-24(26)16-25(27(28)18-29(20)30)12-15-32-19(2)21-4-6-22(7-5-21)23-10-13-31-14-11-23/h4-7,10-11,13-14,16-18,24,26H,3,8-9,12,15H2,1-2H3. The molecular formula is C29H29ClN2. The van der Waals surface area contributed by atoms with E-state index >= 15 is 0 Å². The van der Waals surface area contributed by atoms with Crippen LogP contribution in [0.5, 0.6) is 0 Å². The van der Waals surface area contributed by atoms with Crippen LogP contribution in [0.4, 0.5) is 0 Å². The van der Waals surface area contributed by atoms with E-state index in [4.69, 9.17) is 16.6 Å². The zero-order chi connectivity index (χ0) is 22.1. The largest absolute Gasteiger partial charge is 0.289 e. The minimum Gasteiger partial charge on any atom is -0.289 e. The summed E-state index contributed by atoms with van der Waals surface area (Å²) in [6.07, 6.45) is 10.7. The van der Waals surface area contributed by atoms with Crippen molar-refractivity contribution in [1.29, 1.82) is 0 Å². The van der Waals surface area contributed by atoms with Crippen molar-refractivity contribution in [2.24, 2.45) is 10.9 Å². The van der Waals surface area contributed by atoms with Gasteiger partial charge in [-0.25, -0.2) is 0 Å². The van der Waals surface area contributed by atoms with Crippen molar-refractivity contribution in [2.45, 2.75) is 45.4 Å². The molecule has 0 saturated heterocycles. The van der Waals surface area contributed by atoms with Gasteiger partial charge in [0.1, 0.15) is 0 Å². The fourth-order valence-electron chi connectivity index (χ4n) is 5.05. The number of fused-ring (bicyclic) bond motifs is 3. The van der Waals surface area contributed by atoms with Crippen molar-refractivity contribution in [3.63, 3.8) is 0 Å². The van der Waals surface area contributed by atoms with Crippen LogP contribution in [-0.2, 0) is 6.42 Å². The molecule has 1 saturated carbocycles. The molecular weight excluding hydrogens is 412 g/mol. The molecule has 162 valence electrons. The first-order chi connectivity index (χ1) is 15.6. The molecule has 2 aliphatic rings. The molecule has 2 aromatic carbocycles. The summed E-state index contributed by atoms with van der Waals surface area (Å²) in [4.78, 5) is 9.01. The zero-order valence-corrected chi connectivity index (χ0v) is 19.6. The van der Waals surface area contributed by atoms with Gasteiger partial charge in [0.2, 0.25) is 0 Å². The molecule has 32 heavy (non-hydrogen) atoms. The van der Waals surface area contributed by atoms with Gasteiger partial charge < -0.3 is 0 Å². The van der Waals surface area contributed by atoms with Crippen molar-refractivity contribution < 1.29 is 0 Å². The molecule has 2 atom stereocenters. The summed E-state index contributed by atoms with van der Waals surface area (Å²) in [6.45, 7) is 5.09. The summed E-state index contributed by atoms with van der Waals surface area (Å²) in [5, 5.41) is 0.906. The van der Waals surface area contributed by atoms with E-state index in [9.17, 15) is 0 Å². The highest BCUT2D eigenvalue weighted by molar-refractivity contribution is 6.31. The summed E-state index contributed by atoms with van der Waals surface area (Å²) in [5.41, 5.74) is 10.2. The average molecular weight is 441 g/mol. The Hall–Kier alpha value is -2.71. The number of rotatable bonds is 6. The highest BCUT2D eigenvalue weighted by Crippen LogP contribution is 2.51. The van der Waals surface area contributed by atoms with Crippen LogP contribution in [0.2, 0.25) is 5.02 Å². The van der Waals surface area contributed by atoms with Gasteiger partial charge in [-0.3, -0.25) is 9.98 Å². The summed E-state index contributed by atoms with van der Waals surface area (Å²) >= 11 is 6.59. The van der Waals surface area contributed by atoms with Gasteiger partial charge in [0.25, 0.3) is 0 Å². The van der Waals surface area contributed by atoms with E-state index in [0.29, 0.717) is 11.8 Å².